The summed E-state index contributed by atoms with van der Waals surface area (Å²) in [7, 11) is 4.60. The summed E-state index contributed by atoms with van der Waals surface area (Å²) in [6, 6.07) is 12.0. The van der Waals surface area contributed by atoms with E-state index < -0.39 is 12.1 Å². The first kappa shape index (κ1) is 19.2. The minimum absolute atomic E-state index is 0.189. The monoisotopic (exact) mass is 384 g/mol. The van der Waals surface area contributed by atoms with Gasteiger partial charge in [0, 0.05) is 11.6 Å². The van der Waals surface area contributed by atoms with E-state index in [2.05, 4.69) is 10.2 Å². The van der Waals surface area contributed by atoms with Crippen LogP contribution in [0.5, 0.6) is 17.2 Å². The molecule has 0 fully saturated rings. The summed E-state index contributed by atoms with van der Waals surface area (Å²) < 4.78 is 26.5. The minimum atomic E-state index is -0.732. The first-order valence-electron chi connectivity index (χ1n) is 8.46. The van der Waals surface area contributed by atoms with Crippen molar-refractivity contribution in [3.8, 4) is 28.7 Å². The fourth-order valence-corrected chi connectivity index (χ4v) is 2.45. The van der Waals surface area contributed by atoms with Crippen molar-refractivity contribution in [1.29, 1.82) is 0 Å². The number of esters is 1. The standard InChI is InChI=1S/C20H20N2O6/c1-12(27-20(23)14-9-16(25-3)11-17(10-14)26-4)18-21-22-19(28-18)13-5-7-15(24-2)8-6-13/h5-12H,1-4H3. The Hall–Kier alpha value is -3.55. The summed E-state index contributed by atoms with van der Waals surface area (Å²) in [5.41, 5.74) is 1.02. The molecule has 0 aliphatic heterocycles. The van der Waals surface area contributed by atoms with Gasteiger partial charge in [-0.2, -0.15) is 0 Å². The van der Waals surface area contributed by atoms with E-state index in [-0.39, 0.29) is 11.5 Å². The maximum Gasteiger partial charge on any atom is 0.339 e. The number of hydrogen-bond acceptors (Lipinski definition) is 8. The molecule has 1 heterocycles. The van der Waals surface area contributed by atoms with Gasteiger partial charge in [0.25, 0.3) is 5.89 Å². The molecule has 0 spiro atoms. The van der Waals surface area contributed by atoms with Gasteiger partial charge in [-0.05, 0) is 43.3 Å². The molecule has 0 N–H and O–H groups in total. The zero-order chi connectivity index (χ0) is 20.1. The van der Waals surface area contributed by atoms with Gasteiger partial charge in [0.15, 0.2) is 6.10 Å². The van der Waals surface area contributed by atoms with Gasteiger partial charge < -0.3 is 23.4 Å². The van der Waals surface area contributed by atoms with E-state index >= 15 is 0 Å². The van der Waals surface area contributed by atoms with Crippen LogP contribution in [0.1, 0.15) is 29.3 Å². The molecule has 0 amide bonds. The van der Waals surface area contributed by atoms with Gasteiger partial charge in [0.05, 0.1) is 26.9 Å². The molecule has 1 unspecified atom stereocenters. The largest absolute Gasteiger partial charge is 0.497 e. The van der Waals surface area contributed by atoms with Crippen molar-refractivity contribution in [2.45, 2.75) is 13.0 Å². The molecule has 0 bridgehead atoms. The van der Waals surface area contributed by atoms with Crippen LogP contribution in [0.2, 0.25) is 0 Å². The Balaban J connectivity index is 1.73. The van der Waals surface area contributed by atoms with Gasteiger partial charge >= 0.3 is 5.97 Å². The number of hydrogen-bond donors (Lipinski definition) is 0. The van der Waals surface area contributed by atoms with Crippen molar-refractivity contribution in [2.75, 3.05) is 21.3 Å². The van der Waals surface area contributed by atoms with Gasteiger partial charge in [0.2, 0.25) is 5.89 Å². The second-order valence-electron chi connectivity index (χ2n) is 5.82. The van der Waals surface area contributed by atoms with Crippen LogP contribution in [0.4, 0.5) is 0 Å². The molecule has 1 atom stereocenters. The van der Waals surface area contributed by atoms with Crippen LogP contribution < -0.4 is 14.2 Å². The second kappa shape index (κ2) is 8.43. The number of rotatable bonds is 7. The van der Waals surface area contributed by atoms with Gasteiger partial charge in [0.1, 0.15) is 17.2 Å². The lowest BCUT2D eigenvalue weighted by Crippen LogP contribution is -2.10. The minimum Gasteiger partial charge on any atom is -0.497 e. The van der Waals surface area contributed by atoms with E-state index in [4.69, 9.17) is 23.4 Å². The quantitative estimate of drug-likeness (QED) is 0.570. The van der Waals surface area contributed by atoms with E-state index in [0.29, 0.717) is 17.4 Å². The predicted molar refractivity (Wildman–Crippen MR) is 99.7 cm³/mol. The van der Waals surface area contributed by atoms with Gasteiger partial charge in [-0.1, -0.05) is 0 Å². The van der Waals surface area contributed by atoms with E-state index in [9.17, 15) is 4.79 Å². The lowest BCUT2D eigenvalue weighted by atomic mass is 10.2. The number of ether oxygens (including phenoxy) is 4. The third-order valence-electron chi connectivity index (χ3n) is 4.00. The Morgan fingerprint density at radius 2 is 1.50 bits per heavy atom. The first-order chi connectivity index (χ1) is 13.5. The molecule has 0 saturated carbocycles. The van der Waals surface area contributed by atoms with Crippen molar-refractivity contribution < 1.29 is 28.2 Å². The molecule has 3 aromatic rings. The summed E-state index contributed by atoms with van der Waals surface area (Å²) >= 11 is 0. The average Bonchev–Trinajstić information content (AvgIpc) is 3.23. The molecule has 0 saturated heterocycles. The molecular weight excluding hydrogens is 364 g/mol. The third-order valence-corrected chi connectivity index (χ3v) is 4.00. The summed E-state index contributed by atoms with van der Waals surface area (Å²) in [4.78, 5) is 12.5. The SMILES string of the molecule is COc1ccc(-c2nnc(C(C)OC(=O)c3cc(OC)cc(OC)c3)o2)cc1. The van der Waals surface area contributed by atoms with E-state index in [1.165, 1.54) is 14.2 Å². The van der Waals surface area contributed by atoms with Gasteiger partial charge in [-0.25, -0.2) is 4.79 Å². The molecule has 3 rings (SSSR count). The molecule has 2 aromatic carbocycles. The fraction of sp³-hybridized carbons (Fsp3) is 0.250. The van der Waals surface area contributed by atoms with Crippen LogP contribution in [0.25, 0.3) is 11.5 Å². The summed E-state index contributed by atoms with van der Waals surface area (Å²) in [6.45, 7) is 1.65. The summed E-state index contributed by atoms with van der Waals surface area (Å²) in [5, 5.41) is 7.98. The smallest absolute Gasteiger partial charge is 0.339 e. The Bertz CT molecular complexity index is 929. The maximum atomic E-state index is 12.5. The number of carbonyl (C=O) groups is 1. The predicted octanol–water partition coefficient (Wildman–Crippen LogP) is 3.68. The summed E-state index contributed by atoms with van der Waals surface area (Å²) in [5.74, 6) is 1.64. The Kier molecular flexibility index (Phi) is 5.78. The molecule has 146 valence electrons. The molecule has 0 aliphatic carbocycles. The van der Waals surface area contributed by atoms with Crippen LogP contribution in [0, 0.1) is 0 Å². The van der Waals surface area contributed by atoms with Gasteiger partial charge in [-0.15, -0.1) is 10.2 Å². The molecule has 8 nitrogen and oxygen atoms in total. The van der Waals surface area contributed by atoms with Crippen LogP contribution in [0.15, 0.2) is 46.9 Å². The first-order valence-corrected chi connectivity index (χ1v) is 8.46. The topological polar surface area (TPSA) is 92.9 Å². The third kappa shape index (κ3) is 4.22. The fourth-order valence-electron chi connectivity index (χ4n) is 2.45. The Morgan fingerprint density at radius 1 is 0.893 bits per heavy atom. The van der Waals surface area contributed by atoms with Crippen LogP contribution in [-0.2, 0) is 4.74 Å². The molecule has 28 heavy (non-hydrogen) atoms. The normalized spacial score (nSPS) is 11.6. The highest BCUT2D eigenvalue weighted by Crippen LogP contribution is 2.27. The van der Waals surface area contributed by atoms with Crippen LogP contribution in [-0.4, -0.2) is 37.5 Å². The second-order valence-corrected chi connectivity index (χ2v) is 5.82. The van der Waals surface area contributed by atoms with Crippen LogP contribution >= 0.6 is 0 Å². The molecule has 0 aliphatic rings. The van der Waals surface area contributed by atoms with Crippen molar-refractivity contribution in [3.63, 3.8) is 0 Å². The Labute approximate surface area is 162 Å². The number of methoxy groups -OCH3 is 3. The molecular formula is C20H20N2O6. The highest BCUT2D eigenvalue weighted by molar-refractivity contribution is 5.90. The average molecular weight is 384 g/mol. The highest BCUT2D eigenvalue weighted by atomic mass is 16.6. The summed E-state index contributed by atoms with van der Waals surface area (Å²) in [6.07, 6.45) is -0.732. The lowest BCUT2D eigenvalue weighted by molar-refractivity contribution is 0.0279. The van der Waals surface area contributed by atoms with E-state index in [1.807, 2.05) is 0 Å². The molecule has 0 radical (unpaired) electrons. The number of nitrogens with zero attached hydrogens (tertiary/aromatic N) is 2. The number of aromatic nitrogens is 2. The molecule has 1 aromatic heterocycles. The van der Waals surface area contributed by atoms with Crippen molar-refractivity contribution >= 4 is 5.97 Å². The van der Waals surface area contributed by atoms with E-state index in [1.54, 1.807) is 56.5 Å². The lowest BCUT2D eigenvalue weighted by Gasteiger charge is -2.11. The zero-order valence-electron chi connectivity index (χ0n) is 16.0. The van der Waals surface area contributed by atoms with Crippen molar-refractivity contribution in [1.82, 2.24) is 10.2 Å². The van der Waals surface area contributed by atoms with Crippen LogP contribution in [0.3, 0.4) is 0 Å². The zero-order valence-corrected chi connectivity index (χ0v) is 16.0. The Morgan fingerprint density at radius 3 is 2.07 bits per heavy atom. The number of benzene rings is 2. The highest BCUT2D eigenvalue weighted by Gasteiger charge is 2.21. The molecule has 8 heteroatoms. The number of carbonyl (C=O) groups excluding carboxylic acids is 1. The van der Waals surface area contributed by atoms with E-state index in [0.717, 1.165) is 11.3 Å². The maximum absolute atomic E-state index is 12.5. The van der Waals surface area contributed by atoms with Gasteiger partial charge in [-0.3, -0.25) is 0 Å². The van der Waals surface area contributed by atoms with Crippen molar-refractivity contribution in [3.05, 3.63) is 53.9 Å². The van der Waals surface area contributed by atoms with Crippen molar-refractivity contribution in [2.24, 2.45) is 0 Å².